The molecule has 1 aliphatic rings. The summed E-state index contributed by atoms with van der Waals surface area (Å²) in [4.78, 5) is 0. The van der Waals surface area contributed by atoms with Crippen molar-refractivity contribution in [3.05, 3.63) is 48.1 Å². The topological polar surface area (TPSA) is 0 Å². The molecule has 11 heavy (non-hydrogen) atoms. The first-order chi connectivity index (χ1) is 5.43. The zero-order valence-corrected chi connectivity index (χ0v) is 6.96. The molecule has 0 unspecified atom stereocenters. The van der Waals surface area contributed by atoms with Crippen molar-refractivity contribution < 1.29 is 0 Å². The molecular weight excluding hydrogens is 132 g/mol. The van der Waals surface area contributed by atoms with Gasteiger partial charge < -0.3 is 0 Å². The van der Waals surface area contributed by atoms with Crippen LogP contribution in [-0.2, 0) is 0 Å². The third kappa shape index (κ3) is 3.03. The Balaban J connectivity index is 2.69. The van der Waals surface area contributed by atoms with E-state index in [1.54, 1.807) is 0 Å². The molecule has 0 radical (unpaired) electrons. The van der Waals surface area contributed by atoms with Crippen molar-refractivity contribution in [1.29, 1.82) is 0 Å². The molecule has 0 heteroatoms. The molecule has 0 N–H and O–H groups in total. The van der Waals surface area contributed by atoms with Crippen LogP contribution in [0.3, 0.4) is 0 Å². The van der Waals surface area contributed by atoms with E-state index in [0.29, 0.717) is 0 Å². The first-order valence-corrected chi connectivity index (χ1v) is 4.11. The zero-order chi connectivity index (χ0) is 7.94. The molecule has 0 saturated carbocycles. The van der Waals surface area contributed by atoms with Gasteiger partial charge in [0, 0.05) is 0 Å². The Morgan fingerprint density at radius 2 is 1.82 bits per heavy atom. The second kappa shape index (κ2) is 4.73. The summed E-state index contributed by atoms with van der Waals surface area (Å²) in [5, 5.41) is 0. The maximum Gasteiger partial charge on any atom is -0.0133 e. The van der Waals surface area contributed by atoms with Crippen LogP contribution in [-0.4, -0.2) is 0 Å². The van der Waals surface area contributed by atoms with Crippen LogP contribution in [0.1, 0.15) is 19.8 Å². The van der Waals surface area contributed by atoms with E-state index >= 15 is 0 Å². The van der Waals surface area contributed by atoms with Gasteiger partial charge in [0.25, 0.3) is 0 Å². The minimum atomic E-state index is 1.09. The van der Waals surface area contributed by atoms with Crippen molar-refractivity contribution in [3.8, 4) is 0 Å². The molecule has 0 aromatic heterocycles. The fourth-order valence-electron chi connectivity index (χ4n) is 1.01. The minimum absolute atomic E-state index is 1.09. The Hall–Kier alpha value is -1.04. The van der Waals surface area contributed by atoms with Gasteiger partial charge in [-0.05, 0) is 12.8 Å². The van der Waals surface area contributed by atoms with Crippen LogP contribution in [0.4, 0.5) is 0 Å². The van der Waals surface area contributed by atoms with Crippen LogP contribution in [0.25, 0.3) is 0 Å². The fourth-order valence-corrected chi connectivity index (χ4v) is 1.01. The Morgan fingerprint density at radius 1 is 1.09 bits per heavy atom. The molecule has 0 spiro atoms. The molecule has 0 aromatic carbocycles. The molecule has 0 bridgehead atoms. The molecule has 0 fully saturated rings. The molecule has 0 heterocycles. The zero-order valence-electron chi connectivity index (χ0n) is 6.96. The smallest absolute Gasteiger partial charge is 0.0133 e. The maximum absolute atomic E-state index is 2.19. The molecule has 0 aromatic rings. The first kappa shape index (κ1) is 8.06. The Kier molecular flexibility index (Phi) is 3.46. The molecule has 0 saturated heterocycles. The van der Waals surface area contributed by atoms with Gasteiger partial charge in [-0.1, -0.05) is 55.0 Å². The van der Waals surface area contributed by atoms with E-state index in [-0.39, 0.29) is 0 Å². The normalized spacial score (nSPS) is 30.5. The fraction of sp³-hybridized carbons (Fsp3) is 0.273. The molecule has 1 rings (SSSR count). The van der Waals surface area contributed by atoms with Crippen molar-refractivity contribution in [2.45, 2.75) is 19.8 Å². The predicted octanol–water partition coefficient (Wildman–Crippen LogP) is 3.40. The quantitative estimate of drug-likeness (QED) is 0.532. The van der Waals surface area contributed by atoms with Gasteiger partial charge in [-0.3, -0.25) is 0 Å². The first-order valence-electron chi connectivity index (χ1n) is 4.11. The third-order valence-electron chi connectivity index (χ3n) is 1.75. The highest BCUT2D eigenvalue weighted by atomic mass is 13.9. The molecule has 58 valence electrons. The van der Waals surface area contributed by atoms with Crippen LogP contribution in [0, 0.1) is 0 Å². The molecule has 0 atom stereocenters. The Labute approximate surface area is 68.6 Å². The largest absolute Gasteiger partial charge is 0.0805 e. The molecule has 0 nitrogen and oxygen atoms in total. The van der Waals surface area contributed by atoms with Gasteiger partial charge in [-0.2, -0.15) is 0 Å². The Bertz CT molecular complexity index is 214. The van der Waals surface area contributed by atoms with Crippen LogP contribution >= 0.6 is 0 Å². The lowest BCUT2D eigenvalue weighted by atomic mass is 10.1. The average Bonchev–Trinajstić information content (AvgIpc) is 2.16. The van der Waals surface area contributed by atoms with E-state index in [4.69, 9.17) is 0 Å². The summed E-state index contributed by atoms with van der Waals surface area (Å²) in [5.74, 6) is 0. The molecular formula is C11H14. The number of rotatable bonds is 1. The summed E-state index contributed by atoms with van der Waals surface area (Å²) < 4.78 is 0. The second-order valence-electron chi connectivity index (χ2n) is 2.58. The lowest BCUT2D eigenvalue weighted by molar-refractivity contribution is 1.03. The van der Waals surface area contributed by atoms with Crippen molar-refractivity contribution >= 4 is 0 Å². The predicted molar refractivity (Wildman–Crippen MR) is 50.4 cm³/mol. The molecule has 0 amide bonds. The summed E-state index contributed by atoms with van der Waals surface area (Å²) in [6.07, 6.45) is 17.0. The average molecular weight is 146 g/mol. The van der Waals surface area contributed by atoms with Gasteiger partial charge in [-0.15, -0.1) is 0 Å². The summed E-state index contributed by atoms with van der Waals surface area (Å²) in [6, 6.07) is 0. The van der Waals surface area contributed by atoms with E-state index in [1.807, 2.05) is 6.08 Å². The SMILES string of the molecule is CC/C1=C/C=C\C=C/C=C/C1. The van der Waals surface area contributed by atoms with Gasteiger partial charge in [0.05, 0.1) is 0 Å². The van der Waals surface area contributed by atoms with Gasteiger partial charge in [0.1, 0.15) is 0 Å². The van der Waals surface area contributed by atoms with Crippen LogP contribution in [0.15, 0.2) is 48.1 Å². The summed E-state index contributed by atoms with van der Waals surface area (Å²) in [7, 11) is 0. The summed E-state index contributed by atoms with van der Waals surface area (Å²) >= 11 is 0. The Morgan fingerprint density at radius 3 is 2.64 bits per heavy atom. The van der Waals surface area contributed by atoms with E-state index in [2.05, 4.69) is 43.4 Å². The summed E-state index contributed by atoms with van der Waals surface area (Å²) in [6.45, 7) is 2.19. The number of hydrogen-bond acceptors (Lipinski definition) is 0. The van der Waals surface area contributed by atoms with Gasteiger partial charge in [0.2, 0.25) is 0 Å². The number of allylic oxidation sites excluding steroid dienone is 8. The van der Waals surface area contributed by atoms with Gasteiger partial charge >= 0.3 is 0 Å². The summed E-state index contributed by atoms with van der Waals surface area (Å²) in [5.41, 5.74) is 1.49. The van der Waals surface area contributed by atoms with Crippen LogP contribution in [0.2, 0.25) is 0 Å². The van der Waals surface area contributed by atoms with E-state index in [9.17, 15) is 0 Å². The van der Waals surface area contributed by atoms with Crippen molar-refractivity contribution in [2.24, 2.45) is 0 Å². The molecule has 1 aliphatic carbocycles. The number of hydrogen-bond donors (Lipinski definition) is 0. The van der Waals surface area contributed by atoms with E-state index < -0.39 is 0 Å². The standard InChI is InChI=1S/C11H14/c1-2-11-9-7-5-3-4-6-8-10-11/h3-9H,2,10H2,1H3/b4-3-,7-5-,8-6+,11-9-. The van der Waals surface area contributed by atoms with E-state index in [1.165, 1.54) is 5.57 Å². The van der Waals surface area contributed by atoms with Crippen LogP contribution < -0.4 is 0 Å². The highest BCUT2D eigenvalue weighted by Gasteiger charge is 1.88. The van der Waals surface area contributed by atoms with Crippen molar-refractivity contribution in [3.63, 3.8) is 0 Å². The molecule has 0 aliphatic heterocycles. The highest BCUT2D eigenvalue weighted by molar-refractivity contribution is 5.23. The van der Waals surface area contributed by atoms with Crippen molar-refractivity contribution in [1.82, 2.24) is 0 Å². The lowest BCUT2D eigenvalue weighted by Crippen LogP contribution is -1.75. The second-order valence-corrected chi connectivity index (χ2v) is 2.58. The minimum Gasteiger partial charge on any atom is -0.0805 e. The highest BCUT2D eigenvalue weighted by Crippen LogP contribution is 2.08. The third-order valence-corrected chi connectivity index (χ3v) is 1.75. The lowest BCUT2D eigenvalue weighted by Gasteiger charge is -1.96. The van der Waals surface area contributed by atoms with Crippen LogP contribution in [0.5, 0.6) is 0 Å². The van der Waals surface area contributed by atoms with E-state index in [0.717, 1.165) is 12.8 Å². The monoisotopic (exact) mass is 146 g/mol. The van der Waals surface area contributed by atoms with Gasteiger partial charge in [0.15, 0.2) is 0 Å². The van der Waals surface area contributed by atoms with Gasteiger partial charge in [-0.25, -0.2) is 0 Å². The van der Waals surface area contributed by atoms with Crippen molar-refractivity contribution in [2.75, 3.05) is 0 Å². The maximum atomic E-state index is 2.19.